The number of methoxy groups -OCH3 is 1. The van der Waals surface area contributed by atoms with E-state index in [0.717, 1.165) is 80.1 Å². The number of carbonyl (C=O) groups excluding carboxylic acids is 1. The first-order chi connectivity index (χ1) is 20.9. The van der Waals surface area contributed by atoms with Gasteiger partial charge in [0, 0.05) is 51.4 Å². The van der Waals surface area contributed by atoms with Crippen LogP contribution in [-0.4, -0.2) is 63.2 Å². The molecule has 0 spiro atoms. The highest BCUT2D eigenvalue weighted by Crippen LogP contribution is 2.23. The lowest BCUT2D eigenvalue weighted by atomic mass is 9.96. The van der Waals surface area contributed by atoms with E-state index in [-0.39, 0.29) is 17.3 Å². The maximum absolute atomic E-state index is 13.6. The lowest BCUT2D eigenvalue weighted by Crippen LogP contribution is -2.39. The van der Waals surface area contributed by atoms with Gasteiger partial charge in [-0.25, -0.2) is 4.39 Å². The molecule has 2 aromatic heterocycles. The Morgan fingerprint density at radius 3 is 2.53 bits per heavy atom. The van der Waals surface area contributed by atoms with Gasteiger partial charge in [0.15, 0.2) is 5.65 Å². The Morgan fingerprint density at radius 1 is 1.05 bits per heavy atom. The van der Waals surface area contributed by atoms with Crippen molar-refractivity contribution in [2.75, 3.05) is 33.3 Å². The fourth-order valence-electron chi connectivity index (χ4n) is 6.50. The summed E-state index contributed by atoms with van der Waals surface area (Å²) in [6.07, 6.45) is 4.18. The predicted octanol–water partition coefficient (Wildman–Crippen LogP) is 3.86. The summed E-state index contributed by atoms with van der Waals surface area (Å²) < 4.78 is 22.3. The average Bonchev–Trinajstić information content (AvgIpc) is 3.47. The zero-order chi connectivity index (χ0) is 29.9. The molecule has 1 saturated heterocycles. The number of nitrogens with one attached hydrogen (secondary N) is 1. The van der Waals surface area contributed by atoms with Gasteiger partial charge in [-0.1, -0.05) is 24.3 Å². The van der Waals surface area contributed by atoms with E-state index in [1.165, 1.54) is 16.8 Å². The van der Waals surface area contributed by atoms with Crippen molar-refractivity contribution < 1.29 is 13.9 Å². The molecular formula is C33H39FN6O3. The van der Waals surface area contributed by atoms with Crippen LogP contribution in [0.25, 0.3) is 5.65 Å². The van der Waals surface area contributed by atoms with E-state index < -0.39 is 0 Å². The number of hydrogen-bond donors (Lipinski definition) is 1. The normalized spacial score (nSPS) is 16.3. The van der Waals surface area contributed by atoms with Gasteiger partial charge in [0.25, 0.3) is 11.5 Å². The van der Waals surface area contributed by atoms with Crippen molar-refractivity contribution in [2.45, 2.75) is 52.4 Å². The molecule has 4 heterocycles. The zero-order valence-electron chi connectivity index (χ0n) is 24.9. The van der Waals surface area contributed by atoms with Crippen LogP contribution in [0.4, 0.5) is 4.39 Å². The zero-order valence-corrected chi connectivity index (χ0v) is 24.9. The van der Waals surface area contributed by atoms with Gasteiger partial charge in [-0.3, -0.25) is 19.4 Å². The van der Waals surface area contributed by atoms with Crippen LogP contribution >= 0.6 is 0 Å². The first-order valence-electron chi connectivity index (χ1n) is 15.2. The monoisotopic (exact) mass is 586 g/mol. The fraction of sp³-hybridized carbons (Fsp3) is 0.424. The van der Waals surface area contributed by atoms with Crippen LogP contribution in [0.1, 0.15) is 52.5 Å². The lowest BCUT2D eigenvalue weighted by molar-refractivity contribution is 0.0936. The Hall–Kier alpha value is -4.02. The van der Waals surface area contributed by atoms with Gasteiger partial charge in [-0.2, -0.15) is 9.61 Å². The number of ether oxygens (including phenoxy) is 1. The number of hydrogen-bond acceptors (Lipinski definition) is 6. The minimum atomic E-state index is -0.205. The quantitative estimate of drug-likeness (QED) is 0.321. The lowest BCUT2D eigenvalue weighted by Gasteiger charge is -2.32. The van der Waals surface area contributed by atoms with E-state index in [1.807, 2.05) is 25.1 Å². The highest BCUT2D eigenvalue weighted by atomic mass is 19.1. The summed E-state index contributed by atoms with van der Waals surface area (Å²) >= 11 is 0. The van der Waals surface area contributed by atoms with E-state index in [4.69, 9.17) is 4.74 Å². The second kappa shape index (κ2) is 12.7. The summed E-state index contributed by atoms with van der Waals surface area (Å²) in [6, 6.07) is 14.8. The van der Waals surface area contributed by atoms with Crippen molar-refractivity contribution >= 4 is 11.6 Å². The maximum atomic E-state index is 13.6. The molecule has 0 aliphatic carbocycles. The van der Waals surface area contributed by atoms with Gasteiger partial charge in [0.05, 0.1) is 18.9 Å². The third-order valence-corrected chi connectivity index (χ3v) is 8.85. The summed E-state index contributed by atoms with van der Waals surface area (Å²) in [5.41, 5.74) is 4.73. The molecule has 43 heavy (non-hydrogen) atoms. The third kappa shape index (κ3) is 6.21. The van der Waals surface area contributed by atoms with Crippen LogP contribution in [0, 0.1) is 11.7 Å². The molecule has 0 radical (unpaired) electrons. The molecule has 1 N–H and O–H groups in total. The standard InChI is InChI=1S/C33H39FN6O3/c1-3-39-30-13-16-38(20-24-7-9-27(43-2)10-8-24)22-29(30)33(42)40-32(39)28(19-36-40)31(41)35-18-23-11-14-37(15-12-23)21-25-5-4-6-26(34)17-25/h4-10,17,19,23H,3,11-16,18,20-22H2,1-2H3,(H,35,41). The molecule has 226 valence electrons. The van der Waals surface area contributed by atoms with Crippen LogP contribution in [0.5, 0.6) is 5.75 Å². The topological polar surface area (TPSA) is 84.1 Å². The molecule has 1 amide bonds. The Morgan fingerprint density at radius 2 is 1.81 bits per heavy atom. The number of halogens is 1. The van der Waals surface area contributed by atoms with Gasteiger partial charge in [-0.15, -0.1) is 0 Å². The number of fused-ring (bicyclic) bond motifs is 2. The molecule has 4 aromatic rings. The molecule has 0 saturated carbocycles. The van der Waals surface area contributed by atoms with Crippen molar-refractivity contribution in [3.8, 4) is 5.75 Å². The molecule has 0 atom stereocenters. The number of aromatic nitrogens is 3. The second-order valence-electron chi connectivity index (χ2n) is 11.6. The van der Waals surface area contributed by atoms with Crippen LogP contribution in [0.2, 0.25) is 0 Å². The van der Waals surface area contributed by atoms with Crippen molar-refractivity contribution in [3.63, 3.8) is 0 Å². The van der Waals surface area contributed by atoms with Crippen molar-refractivity contribution in [1.82, 2.24) is 29.3 Å². The van der Waals surface area contributed by atoms with Crippen LogP contribution < -0.4 is 15.6 Å². The van der Waals surface area contributed by atoms with Gasteiger partial charge < -0.3 is 14.6 Å². The SMILES string of the molecule is CCn1c2c(c(=O)n3ncc(C(=O)NCC4CCN(Cc5cccc(F)c5)CC4)c13)CN(Cc1ccc(OC)cc1)CC2. The predicted molar refractivity (Wildman–Crippen MR) is 163 cm³/mol. The molecule has 6 rings (SSSR count). The number of nitrogens with zero attached hydrogens (tertiary/aromatic N) is 5. The molecule has 0 unspecified atom stereocenters. The highest BCUT2D eigenvalue weighted by molar-refractivity contribution is 5.99. The Labute approximate surface area is 250 Å². The number of rotatable bonds is 9. The molecule has 2 aliphatic rings. The minimum absolute atomic E-state index is 0.154. The number of amides is 1. The van der Waals surface area contributed by atoms with E-state index in [9.17, 15) is 14.0 Å². The van der Waals surface area contributed by atoms with E-state index in [1.54, 1.807) is 19.2 Å². The van der Waals surface area contributed by atoms with E-state index in [0.29, 0.717) is 36.8 Å². The molecule has 9 nitrogen and oxygen atoms in total. The van der Waals surface area contributed by atoms with E-state index >= 15 is 0 Å². The van der Waals surface area contributed by atoms with Crippen LogP contribution in [0.15, 0.2) is 59.5 Å². The summed E-state index contributed by atoms with van der Waals surface area (Å²) in [7, 11) is 1.66. The molecule has 10 heteroatoms. The Kier molecular flexibility index (Phi) is 8.58. The minimum Gasteiger partial charge on any atom is -0.497 e. The molecule has 2 aromatic carbocycles. The van der Waals surface area contributed by atoms with Crippen molar-refractivity contribution in [2.24, 2.45) is 5.92 Å². The summed E-state index contributed by atoms with van der Waals surface area (Å²) in [6.45, 7) is 7.90. The van der Waals surface area contributed by atoms with Crippen molar-refractivity contribution in [3.05, 3.63) is 98.8 Å². The highest BCUT2D eigenvalue weighted by Gasteiger charge is 2.28. The Bertz CT molecular complexity index is 1660. The summed E-state index contributed by atoms with van der Waals surface area (Å²) in [5.74, 6) is 0.786. The molecular weight excluding hydrogens is 547 g/mol. The number of benzene rings is 2. The van der Waals surface area contributed by atoms with Crippen LogP contribution in [0.3, 0.4) is 0 Å². The number of likely N-dealkylation sites (tertiary alicyclic amines) is 1. The van der Waals surface area contributed by atoms with Gasteiger partial charge in [0.2, 0.25) is 0 Å². The summed E-state index contributed by atoms with van der Waals surface area (Å²) in [4.78, 5) is 31.6. The summed E-state index contributed by atoms with van der Waals surface area (Å²) in [5, 5.41) is 7.51. The van der Waals surface area contributed by atoms with E-state index in [2.05, 4.69) is 36.9 Å². The largest absolute Gasteiger partial charge is 0.497 e. The van der Waals surface area contributed by atoms with Gasteiger partial charge in [0.1, 0.15) is 17.1 Å². The van der Waals surface area contributed by atoms with Gasteiger partial charge in [-0.05, 0) is 74.2 Å². The third-order valence-electron chi connectivity index (χ3n) is 8.85. The first-order valence-corrected chi connectivity index (χ1v) is 15.2. The molecule has 2 aliphatic heterocycles. The first kappa shape index (κ1) is 29.1. The number of aryl methyl sites for hydroxylation is 1. The fourth-order valence-corrected chi connectivity index (χ4v) is 6.50. The number of piperidine rings is 1. The Balaban J connectivity index is 1.11. The van der Waals surface area contributed by atoms with Gasteiger partial charge >= 0.3 is 0 Å². The maximum Gasteiger partial charge on any atom is 0.279 e. The molecule has 1 fully saturated rings. The molecule has 0 bridgehead atoms. The van der Waals surface area contributed by atoms with Crippen LogP contribution in [-0.2, 0) is 32.6 Å². The van der Waals surface area contributed by atoms with Crippen molar-refractivity contribution in [1.29, 1.82) is 0 Å². The average molecular weight is 587 g/mol. The smallest absolute Gasteiger partial charge is 0.279 e. The number of carbonyl (C=O) groups is 1. The second-order valence-corrected chi connectivity index (χ2v) is 11.6.